The summed E-state index contributed by atoms with van der Waals surface area (Å²) in [6, 6.07) is 0. The molecule has 0 rings (SSSR count). The molecule has 0 aromatic rings. The summed E-state index contributed by atoms with van der Waals surface area (Å²) in [5, 5.41) is 0. The summed E-state index contributed by atoms with van der Waals surface area (Å²) in [6.45, 7) is 5.47. The van der Waals surface area contributed by atoms with Gasteiger partial charge in [-0.1, -0.05) is 0 Å². The second kappa shape index (κ2) is 6.45. The van der Waals surface area contributed by atoms with Crippen LogP contribution in [0.5, 0.6) is 0 Å². The monoisotopic (exact) mass is 117 g/mol. The van der Waals surface area contributed by atoms with Crippen LogP contribution < -0.4 is 0 Å². The van der Waals surface area contributed by atoms with Gasteiger partial charge in [0.25, 0.3) is 0 Å². The standard InChI is InChI=1S/2C2H5O.Al/c2*1-2-3;/h2*2H2,1H3;/q2*-1;+1. The quantitative estimate of drug-likeness (QED) is 0.396. The molecule has 0 heterocycles. The van der Waals surface area contributed by atoms with Gasteiger partial charge in [0.2, 0.25) is 0 Å². The lowest BCUT2D eigenvalue weighted by Gasteiger charge is -2.15. The first-order chi connectivity index (χ1) is 3.41. The molecule has 0 atom stereocenters. The Hall–Kier alpha value is 0.452. The predicted molar refractivity (Wildman–Crippen MR) is 29.0 cm³/mol. The van der Waals surface area contributed by atoms with Gasteiger partial charge in [-0.3, -0.25) is 0 Å². The Labute approximate surface area is 51.2 Å². The number of rotatable bonds is 4. The van der Waals surface area contributed by atoms with E-state index in [0.717, 1.165) is 13.2 Å². The second-order valence-electron chi connectivity index (χ2n) is 1.01. The van der Waals surface area contributed by atoms with Crippen molar-refractivity contribution in [2.45, 2.75) is 13.8 Å². The first kappa shape index (κ1) is 7.45. The lowest BCUT2D eigenvalue weighted by molar-refractivity contribution is 0.240. The van der Waals surface area contributed by atoms with Crippen LogP contribution in [0, 0.1) is 0 Å². The van der Waals surface area contributed by atoms with E-state index in [1.807, 2.05) is 13.8 Å². The molecule has 0 aliphatic heterocycles. The summed E-state index contributed by atoms with van der Waals surface area (Å²) in [4.78, 5) is 0. The van der Waals surface area contributed by atoms with Crippen LogP contribution >= 0.6 is 0 Å². The third-order valence-corrected chi connectivity index (χ3v) is 1.41. The van der Waals surface area contributed by atoms with Crippen molar-refractivity contribution in [3.63, 3.8) is 0 Å². The van der Waals surface area contributed by atoms with Crippen LogP contribution in [-0.2, 0) is 7.58 Å². The van der Waals surface area contributed by atoms with E-state index in [-0.39, 0.29) is 15.9 Å². The average molecular weight is 117 g/mol. The first-order valence-electron chi connectivity index (χ1n) is 2.46. The highest BCUT2D eigenvalue weighted by Gasteiger charge is 1.63. The van der Waals surface area contributed by atoms with E-state index in [2.05, 4.69) is 0 Å². The highest BCUT2D eigenvalue weighted by molar-refractivity contribution is 6.17. The maximum Gasteiger partial charge on any atom is 0.135 e. The molecule has 0 bridgehead atoms. The molecule has 0 aromatic carbocycles. The molecule has 3 heteroatoms. The minimum Gasteiger partial charge on any atom is -0.679 e. The number of hydrogen-bond acceptors (Lipinski definition) is 2. The fourth-order valence-corrected chi connectivity index (χ4v) is 0.553. The van der Waals surface area contributed by atoms with Crippen molar-refractivity contribution in [3.8, 4) is 0 Å². The summed E-state index contributed by atoms with van der Waals surface area (Å²) >= 11 is -0.178. The molecule has 0 fully saturated rings. The molecular weight excluding hydrogens is 107 g/mol. The predicted octanol–water partition coefficient (Wildman–Crippen LogP) is 0.594. The SMILES string of the molecule is CC[O][Al-][O]CC. The summed E-state index contributed by atoms with van der Waals surface area (Å²) < 4.78 is 9.87. The molecule has 0 spiro atoms. The Morgan fingerprint density at radius 3 is 1.86 bits per heavy atom. The molecule has 0 N–H and O–H groups in total. The lowest BCUT2D eigenvalue weighted by Crippen LogP contribution is -2.02. The average Bonchev–Trinajstić information content (AvgIpc) is 1.69. The molecule has 0 unspecified atom stereocenters. The molecule has 42 valence electrons. The van der Waals surface area contributed by atoms with E-state index >= 15 is 0 Å². The Balaban J connectivity index is 2.45. The molecule has 0 aliphatic carbocycles. The van der Waals surface area contributed by atoms with Crippen molar-refractivity contribution in [1.29, 1.82) is 0 Å². The Bertz CT molecular complexity index is 28.9. The van der Waals surface area contributed by atoms with Gasteiger partial charge in [0, 0.05) is 0 Å². The van der Waals surface area contributed by atoms with Gasteiger partial charge in [-0.25, -0.2) is 0 Å². The van der Waals surface area contributed by atoms with Crippen LogP contribution in [-0.4, -0.2) is 29.1 Å². The number of hydrogen-bond donors (Lipinski definition) is 0. The zero-order chi connectivity index (χ0) is 5.54. The smallest absolute Gasteiger partial charge is 0.135 e. The van der Waals surface area contributed by atoms with Gasteiger partial charge in [0.1, 0.15) is 15.9 Å². The molecule has 0 saturated carbocycles. The topological polar surface area (TPSA) is 18.5 Å². The molecule has 0 amide bonds. The Kier molecular flexibility index (Phi) is 6.87. The van der Waals surface area contributed by atoms with Gasteiger partial charge in [0.05, 0.1) is 0 Å². The normalized spacial score (nSPS) is 9.43. The summed E-state index contributed by atoms with van der Waals surface area (Å²) in [7, 11) is 0. The largest absolute Gasteiger partial charge is 0.679 e. The lowest BCUT2D eigenvalue weighted by atomic mass is 10.9. The van der Waals surface area contributed by atoms with Crippen molar-refractivity contribution in [1.82, 2.24) is 0 Å². The maximum atomic E-state index is 4.94. The van der Waals surface area contributed by atoms with Crippen molar-refractivity contribution in [3.05, 3.63) is 0 Å². The van der Waals surface area contributed by atoms with Crippen molar-refractivity contribution in [2.24, 2.45) is 0 Å². The minimum absolute atomic E-state index is 0.178. The highest BCUT2D eigenvalue weighted by atomic mass is 27.2. The van der Waals surface area contributed by atoms with Crippen LogP contribution in [0.2, 0.25) is 0 Å². The van der Waals surface area contributed by atoms with Gasteiger partial charge in [-0.15, -0.1) is 0 Å². The van der Waals surface area contributed by atoms with Crippen LogP contribution in [0.3, 0.4) is 0 Å². The molecule has 2 radical (unpaired) electrons. The van der Waals surface area contributed by atoms with Crippen molar-refractivity contribution >= 4 is 15.9 Å². The van der Waals surface area contributed by atoms with Crippen LogP contribution in [0.25, 0.3) is 0 Å². The molecule has 7 heavy (non-hydrogen) atoms. The minimum atomic E-state index is -0.178. The molecule has 0 saturated heterocycles. The van der Waals surface area contributed by atoms with Crippen LogP contribution in [0.4, 0.5) is 0 Å². The van der Waals surface area contributed by atoms with E-state index in [4.69, 9.17) is 7.58 Å². The van der Waals surface area contributed by atoms with Gasteiger partial charge in [-0.05, 0) is 27.1 Å². The third kappa shape index (κ3) is 6.45. The summed E-state index contributed by atoms with van der Waals surface area (Å²) in [5.74, 6) is 0. The molecule has 2 nitrogen and oxygen atoms in total. The fraction of sp³-hybridized carbons (Fsp3) is 1.00. The molecule has 0 aliphatic rings. The molecular formula is C4H10AlO2-. The van der Waals surface area contributed by atoms with E-state index < -0.39 is 0 Å². The van der Waals surface area contributed by atoms with E-state index in [9.17, 15) is 0 Å². The highest BCUT2D eigenvalue weighted by Crippen LogP contribution is 1.70. The second-order valence-corrected chi connectivity index (χ2v) is 1.87. The summed E-state index contributed by atoms with van der Waals surface area (Å²) in [5.41, 5.74) is 0. The van der Waals surface area contributed by atoms with Crippen molar-refractivity contribution in [2.75, 3.05) is 13.2 Å². The van der Waals surface area contributed by atoms with E-state index in [1.165, 1.54) is 0 Å². The van der Waals surface area contributed by atoms with Crippen LogP contribution in [0.1, 0.15) is 13.8 Å². The van der Waals surface area contributed by atoms with E-state index in [1.54, 1.807) is 0 Å². The van der Waals surface area contributed by atoms with Gasteiger partial charge in [-0.2, -0.15) is 0 Å². The van der Waals surface area contributed by atoms with Gasteiger partial charge < -0.3 is 7.58 Å². The van der Waals surface area contributed by atoms with Gasteiger partial charge >= 0.3 is 0 Å². The molecule has 0 aromatic heterocycles. The maximum absolute atomic E-state index is 4.94. The van der Waals surface area contributed by atoms with Crippen molar-refractivity contribution < 1.29 is 7.58 Å². The fourth-order valence-electron chi connectivity index (χ4n) is 0.184. The summed E-state index contributed by atoms with van der Waals surface area (Å²) in [6.07, 6.45) is 0. The zero-order valence-corrected chi connectivity index (χ0v) is 5.96. The van der Waals surface area contributed by atoms with Gasteiger partial charge in [0.15, 0.2) is 0 Å². The van der Waals surface area contributed by atoms with E-state index in [0.29, 0.717) is 0 Å². The van der Waals surface area contributed by atoms with Crippen LogP contribution in [0.15, 0.2) is 0 Å². The Morgan fingerprint density at radius 2 is 1.57 bits per heavy atom. The zero-order valence-electron chi connectivity index (χ0n) is 4.81. The first-order valence-corrected chi connectivity index (χ1v) is 3.41. The Morgan fingerprint density at radius 1 is 1.14 bits per heavy atom. The third-order valence-electron chi connectivity index (χ3n) is 0.469.